The molecular formula is C52H55ClN12O6S2. The lowest BCUT2D eigenvalue weighted by Gasteiger charge is -2.19. The van der Waals surface area contributed by atoms with E-state index in [1.165, 1.54) is 22.7 Å². The number of nitrogens with zero attached hydrogens (tertiary/aromatic N) is 6. The third-order valence-electron chi connectivity index (χ3n) is 12.2. The average molecular weight is 1040 g/mol. The molecule has 4 aromatic heterocycles. The smallest absolute Gasteiger partial charge is 0.279 e. The number of ether oxygens (including phenoxy) is 2. The van der Waals surface area contributed by atoms with Gasteiger partial charge in [0.1, 0.15) is 21.3 Å². The van der Waals surface area contributed by atoms with Crippen LogP contribution in [-0.2, 0) is 22.6 Å². The number of anilines is 4. The van der Waals surface area contributed by atoms with Crippen LogP contribution in [0.5, 0.6) is 0 Å². The number of hydrazine groups is 2. The summed E-state index contributed by atoms with van der Waals surface area (Å²) in [6.45, 7) is 8.67. The standard InChI is InChI=1S/C26H27ClN6O3S.C26H28N6O3S/c1-32(20-9-7-19(27)8-10-20)31-25(35)22-15-21-23(29-30-26(21)37-22)28-24(34)18-5-3-17(4-6-18)16-33-11-2-13-36-14-12-33;1-31(20-6-3-2-4-7-20)30-25(34)22-16-21-23(28-29-26(21)36-22)27-24(33)19-10-8-18(9-11-19)17-32-12-5-14-35-15-13-32/h3-10,15H,2,11-14,16H2,1H3,(H,31,35)(H2,28,29,30,34);2-4,6-11,16H,5,12-15,17H2,1H3,(H,30,34)(H2,27,28,29,33). The summed E-state index contributed by atoms with van der Waals surface area (Å²) in [4.78, 5) is 58.3. The summed E-state index contributed by atoms with van der Waals surface area (Å²) in [6.07, 6.45) is 2.07. The lowest BCUT2D eigenvalue weighted by atomic mass is 10.1. The van der Waals surface area contributed by atoms with Crippen molar-refractivity contribution in [2.75, 3.05) is 87.4 Å². The summed E-state index contributed by atoms with van der Waals surface area (Å²) in [6, 6.07) is 35.4. The van der Waals surface area contributed by atoms with E-state index < -0.39 is 0 Å². The van der Waals surface area contributed by atoms with Crippen LogP contribution < -0.4 is 31.5 Å². The third kappa shape index (κ3) is 13.3. The van der Waals surface area contributed by atoms with Gasteiger partial charge in [0.25, 0.3) is 23.6 Å². The third-order valence-corrected chi connectivity index (χ3v) is 14.5. The van der Waals surface area contributed by atoms with Gasteiger partial charge in [0, 0.05) is 82.7 Å². The van der Waals surface area contributed by atoms with E-state index in [0.717, 1.165) is 101 Å². The highest BCUT2D eigenvalue weighted by Crippen LogP contribution is 2.31. The molecule has 4 aromatic carbocycles. The topological polar surface area (TPSA) is 205 Å². The van der Waals surface area contributed by atoms with Crippen LogP contribution in [0.3, 0.4) is 0 Å². The monoisotopic (exact) mass is 1040 g/mol. The van der Waals surface area contributed by atoms with Gasteiger partial charge in [-0.1, -0.05) is 54.1 Å². The maximum absolute atomic E-state index is 12.9. The van der Waals surface area contributed by atoms with Crippen molar-refractivity contribution in [3.05, 3.63) is 152 Å². The Bertz CT molecular complexity index is 3130. The van der Waals surface area contributed by atoms with E-state index in [1.807, 2.05) is 91.0 Å². The molecule has 0 bridgehead atoms. The molecule has 0 aliphatic carbocycles. The number of nitrogens with one attached hydrogen (secondary N) is 6. The molecule has 21 heteroatoms. The fourth-order valence-corrected chi connectivity index (χ4v) is 10.1. The highest BCUT2D eigenvalue weighted by atomic mass is 35.5. The van der Waals surface area contributed by atoms with Crippen molar-refractivity contribution in [1.82, 2.24) is 41.0 Å². The van der Waals surface area contributed by atoms with Crippen molar-refractivity contribution in [2.45, 2.75) is 25.9 Å². The number of thiophene rings is 2. The number of hydrogen-bond acceptors (Lipinski definition) is 14. The van der Waals surface area contributed by atoms with Crippen LogP contribution in [0.4, 0.5) is 23.0 Å². The molecule has 0 unspecified atom stereocenters. The second kappa shape index (κ2) is 24.0. The number of carbonyl (C=O) groups is 4. The summed E-state index contributed by atoms with van der Waals surface area (Å²) < 4.78 is 11.0. The number of H-pyrrole nitrogens is 2. The molecule has 6 N–H and O–H groups in total. The molecule has 0 radical (unpaired) electrons. The molecule has 18 nitrogen and oxygen atoms in total. The maximum Gasteiger partial charge on any atom is 0.279 e. The molecule has 378 valence electrons. The van der Waals surface area contributed by atoms with Gasteiger partial charge in [-0.25, -0.2) is 0 Å². The van der Waals surface area contributed by atoms with Crippen LogP contribution in [0.1, 0.15) is 64.0 Å². The van der Waals surface area contributed by atoms with Crippen molar-refractivity contribution < 1.29 is 28.7 Å². The number of aromatic amines is 2. The number of aromatic nitrogens is 4. The summed E-state index contributed by atoms with van der Waals surface area (Å²) >= 11 is 8.44. The van der Waals surface area contributed by atoms with Crippen molar-refractivity contribution in [2.24, 2.45) is 0 Å². The molecule has 0 spiro atoms. The summed E-state index contributed by atoms with van der Waals surface area (Å²) in [5.74, 6) is -0.0842. The molecular weight excluding hydrogens is 988 g/mol. The molecule has 4 amide bonds. The predicted molar refractivity (Wildman–Crippen MR) is 288 cm³/mol. The number of amides is 4. The summed E-state index contributed by atoms with van der Waals surface area (Å²) in [5.41, 5.74) is 10.8. The molecule has 2 aliphatic rings. The Kier molecular flexibility index (Phi) is 16.7. The van der Waals surface area contributed by atoms with Gasteiger partial charge in [0.15, 0.2) is 0 Å². The van der Waals surface area contributed by atoms with Crippen LogP contribution in [0.15, 0.2) is 115 Å². The van der Waals surface area contributed by atoms with Gasteiger partial charge < -0.3 is 20.1 Å². The van der Waals surface area contributed by atoms with E-state index in [4.69, 9.17) is 21.1 Å². The number of hydrogen-bond donors (Lipinski definition) is 6. The Balaban J connectivity index is 0.000000180. The van der Waals surface area contributed by atoms with E-state index in [0.29, 0.717) is 58.0 Å². The normalized spacial score (nSPS) is 14.3. The average Bonchev–Trinajstić information content (AvgIpc) is 4.11. The van der Waals surface area contributed by atoms with E-state index in [9.17, 15) is 19.2 Å². The number of rotatable bonds is 14. The summed E-state index contributed by atoms with van der Waals surface area (Å²) in [5, 5.41) is 25.3. The fraction of sp³-hybridized carbons (Fsp3) is 0.269. The van der Waals surface area contributed by atoms with Gasteiger partial charge in [-0.15, -0.1) is 22.7 Å². The first-order valence-electron chi connectivity index (χ1n) is 23.8. The minimum Gasteiger partial charge on any atom is -0.380 e. The number of para-hydroxylation sites is 1. The fourth-order valence-electron chi connectivity index (χ4n) is 8.22. The molecule has 2 aliphatic heterocycles. The van der Waals surface area contributed by atoms with Gasteiger partial charge in [-0.2, -0.15) is 10.2 Å². The van der Waals surface area contributed by atoms with Crippen molar-refractivity contribution in [1.29, 1.82) is 0 Å². The molecule has 6 heterocycles. The van der Waals surface area contributed by atoms with E-state index in [-0.39, 0.29) is 23.6 Å². The second-order valence-corrected chi connectivity index (χ2v) is 20.0. The van der Waals surface area contributed by atoms with E-state index in [1.54, 1.807) is 48.4 Å². The molecule has 0 saturated carbocycles. The maximum atomic E-state index is 12.9. The van der Waals surface area contributed by atoms with Gasteiger partial charge >= 0.3 is 0 Å². The zero-order valence-corrected chi connectivity index (χ0v) is 42.7. The van der Waals surface area contributed by atoms with Crippen LogP contribution in [0.2, 0.25) is 5.02 Å². The SMILES string of the molecule is CN(NC(=O)c1cc2c(NC(=O)c3ccc(CN4CCCOCC4)cc3)[nH]nc2s1)c1ccc(Cl)cc1.CN(NC(=O)c1cc2c(NC(=O)c3ccc(CN4CCCOCC4)cc3)[nH]nc2s1)c1ccccc1. The molecule has 10 rings (SSSR count). The molecule has 2 fully saturated rings. The minimum atomic E-state index is -0.274. The first-order chi connectivity index (χ1) is 35.5. The Morgan fingerprint density at radius 3 is 1.47 bits per heavy atom. The van der Waals surface area contributed by atoms with Crippen LogP contribution in [0.25, 0.3) is 20.4 Å². The number of carbonyl (C=O) groups excluding carboxylic acids is 4. The van der Waals surface area contributed by atoms with Gasteiger partial charge in [-0.05, 0) is 96.8 Å². The Morgan fingerprint density at radius 2 is 1.01 bits per heavy atom. The van der Waals surface area contributed by atoms with Gasteiger partial charge in [0.05, 0.1) is 45.1 Å². The lowest BCUT2D eigenvalue weighted by molar-refractivity contribution is 0.0947. The molecule has 0 atom stereocenters. The lowest BCUT2D eigenvalue weighted by Crippen LogP contribution is -2.38. The summed E-state index contributed by atoms with van der Waals surface area (Å²) in [7, 11) is 3.53. The minimum absolute atomic E-state index is 0.240. The number of benzene rings is 4. The first-order valence-corrected chi connectivity index (χ1v) is 25.8. The Hall–Kier alpha value is -7.17. The van der Waals surface area contributed by atoms with Gasteiger partial charge in [-0.3, -0.25) is 60.0 Å². The highest BCUT2D eigenvalue weighted by molar-refractivity contribution is 7.20. The van der Waals surface area contributed by atoms with E-state index in [2.05, 4.69) is 51.7 Å². The van der Waals surface area contributed by atoms with Crippen LogP contribution in [-0.4, -0.2) is 121 Å². The molecule has 2 saturated heterocycles. The first kappa shape index (κ1) is 50.8. The zero-order valence-electron chi connectivity index (χ0n) is 40.3. The molecule has 8 aromatic rings. The van der Waals surface area contributed by atoms with Crippen molar-refractivity contribution in [3.63, 3.8) is 0 Å². The number of fused-ring (bicyclic) bond motifs is 2. The van der Waals surface area contributed by atoms with Gasteiger partial charge in [0.2, 0.25) is 0 Å². The van der Waals surface area contributed by atoms with Crippen molar-refractivity contribution >= 4 is 101 Å². The van der Waals surface area contributed by atoms with Crippen LogP contribution in [0, 0.1) is 0 Å². The Labute approximate surface area is 434 Å². The van der Waals surface area contributed by atoms with Crippen LogP contribution >= 0.6 is 34.3 Å². The number of halogens is 1. The Morgan fingerprint density at radius 1 is 0.575 bits per heavy atom. The largest absolute Gasteiger partial charge is 0.380 e. The zero-order chi connectivity index (χ0) is 50.7. The second-order valence-electron chi connectivity index (χ2n) is 17.5. The predicted octanol–water partition coefficient (Wildman–Crippen LogP) is 8.41. The van der Waals surface area contributed by atoms with E-state index >= 15 is 0 Å². The highest BCUT2D eigenvalue weighted by Gasteiger charge is 2.21. The quantitative estimate of drug-likeness (QED) is 0.0568. The van der Waals surface area contributed by atoms with Crippen molar-refractivity contribution in [3.8, 4) is 0 Å². The molecule has 73 heavy (non-hydrogen) atoms.